The molecule has 5 aromatic carbocycles. The molecule has 4 nitrogen and oxygen atoms in total. The maximum Gasteiger partial charge on any atom is 0.160 e. The lowest BCUT2D eigenvalue weighted by Crippen LogP contribution is -2.00. The number of nitriles is 1. The highest BCUT2D eigenvalue weighted by Crippen LogP contribution is 2.40. The Morgan fingerprint density at radius 3 is 1.48 bits per heavy atom. The van der Waals surface area contributed by atoms with E-state index in [9.17, 15) is 5.26 Å². The summed E-state index contributed by atoms with van der Waals surface area (Å²) in [5, 5.41) is 12.3. The molecule has 7 rings (SSSR count). The number of pyridine rings is 1. The average molecular weight is 511 g/mol. The predicted octanol–water partition coefficient (Wildman–Crippen LogP) is 8.72. The van der Waals surface area contributed by atoms with E-state index >= 15 is 0 Å². The van der Waals surface area contributed by atoms with Gasteiger partial charge >= 0.3 is 0 Å². The van der Waals surface area contributed by atoms with Crippen molar-refractivity contribution >= 4 is 21.8 Å². The Bertz CT molecular complexity index is 2030. The van der Waals surface area contributed by atoms with E-state index in [1.165, 1.54) is 0 Å². The minimum Gasteiger partial charge on any atom is -0.244 e. The monoisotopic (exact) mass is 510 g/mol. The number of hydrogen-bond acceptors (Lipinski definition) is 4. The third-order valence-electron chi connectivity index (χ3n) is 7.12. The van der Waals surface area contributed by atoms with Crippen LogP contribution in [-0.2, 0) is 0 Å². The molecule has 0 aliphatic heterocycles. The van der Waals surface area contributed by atoms with Crippen LogP contribution in [0.3, 0.4) is 0 Å². The second-order valence-electron chi connectivity index (χ2n) is 9.54. The summed E-state index contributed by atoms with van der Waals surface area (Å²) in [6, 6.07) is 46.7. The minimum atomic E-state index is 0.546. The first kappa shape index (κ1) is 23.5. The molecule has 0 unspecified atom stereocenters. The number of aromatic nitrogens is 3. The van der Waals surface area contributed by atoms with Crippen LogP contribution >= 0.6 is 0 Å². The van der Waals surface area contributed by atoms with Gasteiger partial charge in [0.05, 0.1) is 22.5 Å². The van der Waals surface area contributed by atoms with Crippen LogP contribution in [0.2, 0.25) is 0 Å². The standard InChI is InChI=1S/C36H22N4/c37-23-30-31(24-13-5-1-6-14-24)28-21-22-29-32(25-15-7-2-8-16-25)39-36(27-19-11-4-12-20-27)40-35(29)34(28)38-33(30)26-17-9-3-10-18-26/h1-22H. The van der Waals surface area contributed by atoms with Crippen LogP contribution in [0.25, 0.3) is 66.8 Å². The van der Waals surface area contributed by atoms with Gasteiger partial charge in [0.15, 0.2) is 5.82 Å². The molecule has 0 amide bonds. The average Bonchev–Trinajstić information content (AvgIpc) is 3.04. The van der Waals surface area contributed by atoms with E-state index in [0.717, 1.165) is 55.3 Å². The normalized spacial score (nSPS) is 11.0. The van der Waals surface area contributed by atoms with Crippen molar-refractivity contribution in [3.63, 3.8) is 0 Å². The van der Waals surface area contributed by atoms with Crippen LogP contribution in [0, 0.1) is 11.3 Å². The van der Waals surface area contributed by atoms with Gasteiger partial charge in [0.1, 0.15) is 11.6 Å². The predicted molar refractivity (Wildman–Crippen MR) is 161 cm³/mol. The Morgan fingerprint density at radius 2 is 0.900 bits per heavy atom. The maximum atomic E-state index is 10.5. The second kappa shape index (κ2) is 9.90. The molecule has 0 radical (unpaired) electrons. The molecule has 0 N–H and O–H groups in total. The summed E-state index contributed by atoms with van der Waals surface area (Å²) in [6.07, 6.45) is 0. The first-order valence-corrected chi connectivity index (χ1v) is 13.1. The zero-order valence-electron chi connectivity index (χ0n) is 21.5. The lowest BCUT2D eigenvalue weighted by atomic mass is 9.91. The van der Waals surface area contributed by atoms with Crippen LogP contribution in [-0.4, -0.2) is 15.0 Å². The third kappa shape index (κ3) is 3.98. The van der Waals surface area contributed by atoms with Gasteiger partial charge in [-0.15, -0.1) is 0 Å². The summed E-state index contributed by atoms with van der Waals surface area (Å²) >= 11 is 0. The Hall–Kier alpha value is -5.66. The van der Waals surface area contributed by atoms with Crippen molar-refractivity contribution in [1.82, 2.24) is 15.0 Å². The number of benzene rings is 5. The molecule has 40 heavy (non-hydrogen) atoms. The Morgan fingerprint density at radius 1 is 0.425 bits per heavy atom. The fraction of sp³-hybridized carbons (Fsp3) is 0. The Kier molecular flexibility index (Phi) is 5.81. The topological polar surface area (TPSA) is 62.5 Å². The number of rotatable bonds is 4. The quantitative estimate of drug-likeness (QED) is 0.222. The molecule has 0 bridgehead atoms. The largest absolute Gasteiger partial charge is 0.244 e. The highest BCUT2D eigenvalue weighted by Gasteiger charge is 2.21. The molecule has 0 aliphatic rings. The molecular formula is C36H22N4. The van der Waals surface area contributed by atoms with Crippen LogP contribution in [0.4, 0.5) is 0 Å². The molecule has 7 aromatic rings. The first-order chi connectivity index (χ1) is 19.8. The van der Waals surface area contributed by atoms with E-state index in [4.69, 9.17) is 15.0 Å². The van der Waals surface area contributed by atoms with E-state index in [0.29, 0.717) is 17.1 Å². The summed E-state index contributed by atoms with van der Waals surface area (Å²) in [7, 11) is 0. The van der Waals surface area contributed by atoms with Crippen LogP contribution in [0.5, 0.6) is 0 Å². The highest BCUT2D eigenvalue weighted by atomic mass is 14.9. The Labute approximate surface area is 231 Å². The van der Waals surface area contributed by atoms with Gasteiger partial charge in [0, 0.05) is 33.0 Å². The van der Waals surface area contributed by atoms with E-state index in [-0.39, 0.29) is 0 Å². The van der Waals surface area contributed by atoms with E-state index in [1.807, 2.05) is 109 Å². The third-order valence-corrected chi connectivity index (χ3v) is 7.12. The Balaban J connectivity index is 1.67. The van der Waals surface area contributed by atoms with E-state index in [1.54, 1.807) is 0 Å². The molecule has 186 valence electrons. The number of hydrogen-bond donors (Lipinski definition) is 0. The van der Waals surface area contributed by atoms with Crippen LogP contribution in [0.15, 0.2) is 133 Å². The molecular weight excluding hydrogens is 488 g/mol. The molecule has 0 spiro atoms. The SMILES string of the molecule is N#Cc1c(-c2ccccc2)nc2c(ccc3c(-c4ccccc4)nc(-c4ccccc4)nc32)c1-c1ccccc1. The van der Waals surface area contributed by atoms with Gasteiger partial charge in [0.2, 0.25) is 0 Å². The van der Waals surface area contributed by atoms with E-state index < -0.39 is 0 Å². The van der Waals surface area contributed by atoms with Crippen molar-refractivity contribution in [3.05, 3.63) is 139 Å². The van der Waals surface area contributed by atoms with Crippen LogP contribution < -0.4 is 0 Å². The van der Waals surface area contributed by atoms with Crippen molar-refractivity contribution < 1.29 is 0 Å². The molecule has 0 saturated carbocycles. The fourth-order valence-corrected chi connectivity index (χ4v) is 5.27. The van der Waals surface area contributed by atoms with Gasteiger partial charge < -0.3 is 0 Å². The van der Waals surface area contributed by atoms with Gasteiger partial charge in [0.25, 0.3) is 0 Å². The van der Waals surface area contributed by atoms with Crippen molar-refractivity contribution in [2.24, 2.45) is 0 Å². The second-order valence-corrected chi connectivity index (χ2v) is 9.54. The van der Waals surface area contributed by atoms with Gasteiger partial charge in [-0.2, -0.15) is 5.26 Å². The zero-order chi connectivity index (χ0) is 26.9. The summed E-state index contributed by atoms with van der Waals surface area (Å²) in [4.78, 5) is 15.4. The summed E-state index contributed by atoms with van der Waals surface area (Å²) in [5.74, 6) is 0.633. The first-order valence-electron chi connectivity index (χ1n) is 13.1. The van der Waals surface area contributed by atoms with Gasteiger partial charge in [-0.1, -0.05) is 127 Å². The van der Waals surface area contributed by atoms with Crippen molar-refractivity contribution in [1.29, 1.82) is 5.26 Å². The fourth-order valence-electron chi connectivity index (χ4n) is 5.27. The molecule has 2 aromatic heterocycles. The van der Waals surface area contributed by atoms with Gasteiger partial charge in [-0.05, 0) is 11.6 Å². The number of nitrogens with zero attached hydrogens (tertiary/aromatic N) is 4. The van der Waals surface area contributed by atoms with E-state index in [2.05, 4.69) is 30.3 Å². The molecule has 0 fully saturated rings. The summed E-state index contributed by atoms with van der Waals surface area (Å²) < 4.78 is 0. The summed E-state index contributed by atoms with van der Waals surface area (Å²) in [5.41, 5.74) is 8.17. The smallest absolute Gasteiger partial charge is 0.160 e. The molecule has 0 saturated heterocycles. The van der Waals surface area contributed by atoms with Crippen molar-refractivity contribution in [2.75, 3.05) is 0 Å². The lowest BCUT2D eigenvalue weighted by molar-refractivity contribution is 1.23. The van der Waals surface area contributed by atoms with Crippen molar-refractivity contribution in [2.45, 2.75) is 0 Å². The summed E-state index contributed by atoms with van der Waals surface area (Å²) in [6.45, 7) is 0. The van der Waals surface area contributed by atoms with Gasteiger partial charge in [-0.3, -0.25) is 0 Å². The molecule has 0 atom stereocenters. The zero-order valence-corrected chi connectivity index (χ0v) is 21.5. The lowest BCUT2D eigenvalue weighted by Gasteiger charge is -2.16. The maximum absolute atomic E-state index is 10.5. The highest BCUT2D eigenvalue weighted by molar-refractivity contribution is 6.13. The number of fused-ring (bicyclic) bond motifs is 3. The molecule has 4 heteroatoms. The molecule has 0 aliphatic carbocycles. The van der Waals surface area contributed by atoms with Crippen LogP contribution in [0.1, 0.15) is 5.56 Å². The minimum absolute atomic E-state index is 0.546. The molecule has 2 heterocycles. The van der Waals surface area contributed by atoms with Crippen molar-refractivity contribution in [3.8, 4) is 51.1 Å². The van der Waals surface area contributed by atoms with Gasteiger partial charge in [-0.25, -0.2) is 15.0 Å².